The Labute approximate surface area is 221 Å². The largest absolute Gasteiger partial charge is 0.454 e. The van der Waals surface area contributed by atoms with Gasteiger partial charge in [-0.15, -0.1) is 0 Å². The monoisotopic (exact) mass is 494 g/mol. The molecule has 3 heteroatoms. The Kier molecular flexibility index (Phi) is 9.79. The highest BCUT2D eigenvalue weighted by molar-refractivity contribution is 5.99. The summed E-state index contributed by atoms with van der Waals surface area (Å²) in [5.41, 5.74) is 7.67. The van der Waals surface area contributed by atoms with Crippen LogP contribution in [-0.4, -0.2) is 18.4 Å². The molecule has 192 valence electrons. The Morgan fingerprint density at radius 3 is 2.27 bits per heavy atom. The fraction of sp³-hybridized carbons (Fsp3) is 0.294. The van der Waals surface area contributed by atoms with Crippen LogP contribution in [0.2, 0.25) is 0 Å². The third kappa shape index (κ3) is 8.42. The molecule has 3 rings (SSSR count). The molecule has 37 heavy (non-hydrogen) atoms. The minimum atomic E-state index is -0.529. The number of hydrogen-bond acceptors (Lipinski definition) is 3. The first-order chi connectivity index (χ1) is 17.7. The quantitative estimate of drug-likeness (QED) is 0.152. The van der Waals surface area contributed by atoms with Crippen LogP contribution in [0.25, 0.3) is 11.1 Å². The summed E-state index contributed by atoms with van der Waals surface area (Å²) in [6.07, 6.45) is 15.3. The molecule has 0 aromatic heterocycles. The molecule has 0 fully saturated rings. The van der Waals surface area contributed by atoms with Gasteiger partial charge in [0, 0.05) is 11.6 Å². The van der Waals surface area contributed by atoms with Crippen LogP contribution in [0.1, 0.15) is 64.2 Å². The zero-order chi connectivity index (χ0) is 26.8. The van der Waals surface area contributed by atoms with E-state index in [0.717, 1.165) is 22.3 Å². The lowest BCUT2D eigenvalue weighted by Crippen LogP contribution is -2.19. The van der Waals surface area contributed by atoms with Crippen LogP contribution in [0.5, 0.6) is 0 Å². The van der Waals surface area contributed by atoms with E-state index in [1.807, 2.05) is 67.6 Å². The molecule has 3 nitrogen and oxygen atoms in total. The van der Waals surface area contributed by atoms with Crippen molar-refractivity contribution in [3.63, 3.8) is 0 Å². The molecule has 1 aliphatic carbocycles. The van der Waals surface area contributed by atoms with Gasteiger partial charge >= 0.3 is 5.97 Å². The van der Waals surface area contributed by atoms with Gasteiger partial charge in [-0.3, -0.25) is 4.79 Å². The van der Waals surface area contributed by atoms with E-state index >= 15 is 0 Å². The number of esters is 1. The highest BCUT2D eigenvalue weighted by atomic mass is 16.5. The second kappa shape index (κ2) is 13.0. The molecule has 0 atom stereocenters. The molecule has 0 saturated heterocycles. The number of carbonyl (C=O) groups excluding carboxylic acids is 2. The average Bonchev–Trinajstić information content (AvgIpc) is 2.87. The Bertz CT molecular complexity index is 1250. The van der Waals surface area contributed by atoms with Crippen LogP contribution in [0, 0.1) is 5.41 Å². The van der Waals surface area contributed by atoms with Gasteiger partial charge in [-0.2, -0.15) is 0 Å². The van der Waals surface area contributed by atoms with Gasteiger partial charge < -0.3 is 4.74 Å². The van der Waals surface area contributed by atoms with Gasteiger partial charge in [0.1, 0.15) is 0 Å². The lowest BCUT2D eigenvalue weighted by Gasteiger charge is -2.32. The molecule has 0 amide bonds. The minimum absolute atomic E-state index is 0.224. The maximum absolute atomic E-state index is 12.4. The first kappa shape index (κ1) is 27.9. The van der Waals surface area contributed by atoms with Crippen LogP contribution in [0.4, 0.5) is 0 Å². The maximum atomic E-state index is 12.4. The molecule has 0 N–H and O–H groups in total. The highest BCUT2D eigenvalue weighted by Crippen LogP contribution is 2.40. The van der Waals surface area contributed by atoms with E-state index in [0.29, 0.717) is 5.56 Å². The topological polar surface area (TPSA) is 43.4 Å². The van der Waals surface area contributed by atoms with E-state index in [1.165, 1.54) is 36.5 Å². The summed E-state index contributed by atoms with van der Waals surface area (Å²) in [7, 11) is 0. The number of benzene rings is 2. The molecular weight excluding hydrogens is 456 g/mol. The average molecular weight is 495 g/mol. The molecule has 0 aliphatic heterocycles. The number of hydrogen-bond donors (Lipinski definition) is 0. The maximum Gasteiger partial charge on any atom is 0.331 e. The standard InChI is InChI=1S/C34H38O3/c1-25(16-21-31-27(3)13-10-22-34(31,4)5)11-9-12-26(2)23-33(36)37-24-32(35)30-19-17-29(18-20-30)28-14-7-6-8-15-28/h6-9,11-12,14-21,23H,10,13,22,24H2,1-5H3/b12-9+,21-16+,25-11+,26-23+. The third-order valence-electron chi connectivity index (χ3n) is 6.78. The fourth-order valence-corrected chi connectivity index (χ4v) is 4.61. The number of carbonyl (C=O) groups is 2. The van der Waals surface area contributed by atoms with Crippen molar-refractivity contribution in [1.82, 2.24) is 0 Å². The van der Waals surface area contributed by atoms with Crippen LogP contribution < -0.4 is 0 Å². The number of ether oxygens (including phenoxy) is 1. The number of ketones is 1. The van der Waals surface area contributed by atoms with Gasteiger partial charge in [0.15, 0.2) is 12.4 Å². The summed E-state index contributed by atoms with van der Waals surface area (Å²) in [4.78, 5) is 24.6. The summed E-state index contributed by atoms with van der Waals surface area (Å²) in [5.74, 6) is -0.759. The number of Topliss-reactive ketones (excluding diaryl/α,β-unsaturated/α-hetero) is 1. The smallest absolute Gasteiger partial charge is 0.331 e. The van der Waals surface area contributed by atoms with E-state index in [1.54, 1.807) is 12.1 Å². The lowest BCUT2D eigenvalue weighted by molar-refractivity contribution is -0.136. The predicted molar refractivity (Wildman–Crippen MR) is 153 cm³/mol. The molecule has 0 heterocycles. The van der Waals surface area contributed by atoms with Crippen LogP contribution in [0.15, 0.2) is 113 Å². The lowest BCUT2D eigenvalue weighted by atomic mass is 9.72. The van der Waals surface area contributed by atoms with Gasteiger partial charge in [0.2, 0.25) is 0 Å². The first-order valence-electron chi connectivity index (χ1n) is 12.9. The zero-order valence-electron chi connectivity index (χ0n) is 22.7. The Hall–Kier alpha value is -3.72. The second-order valence-electron chi connectivity index (χ2n) is 10.4. The van der Waals surface area contributed by atoms with Crippen molar-refractivity contribution in [2.45, 2.75) is 53.9 Å². The van der Waals surface area contributed by atoms with E-state index < -0.39 is 5.97 Å². The van der Waals surface area contributed by atoms with Crippen molar-refractivity contribution in [2.75, 3.05) is 6.61 Å². The first-order valence-corrected chi connectivity index (χ1v) is 12.9. The SMILES string of the molecule is CC1=C(/C=C/C(C)=C/C=C/C(C)=C/C(=O)OCC(=O)c2ccc(-c3ccccc3)cc2)C(C)(C)CCC1. The van der Waals surface area contributed by atoms with Crippen LogP contribution in [0.3, 0.4) is 0 Å². The van der Waals surface area contributed by atoms with Crippen molar-refractivity contribution in [2.24, 2.45) is 5.41 Å². The summed E-state index contributed by atoms with van der Waals surface area (Å²) in [6, 6.07) is 17.3. The fourth-order valence-electron chi connectivity index (χ4n) is 4.61. The normalized spacial score (nSPS) is 16.5. The molecule has 0 radical (unpaired) electrons. The van der Waals surface area contributed by atoms with E-state index in [4.69, 9.17) is 4.74 Å². The van der Waals surface area contributed by atoms with Gasteiger partial charge in [-0.05, 0) is 67.7 Å². The Morgan fingerprint density at radius 1 is 0.919 bits per heavy atom. The Morgan fingerprint density at radius 2 is 1.59 bits per heavy atom. The molecule has 1 aliphatic rings. The predicted octanol–water partition coefficient (Wildman–Crippen LogP) is 8.61. The molecular formula is C34H38O3. The molecule has 2 aromatic rings. The third-order valence-corrected chi connectivity index (χ3v) is 6.78. The summed E-state index contributed by atoms with van der Waals surface area (Å²) >= 11 is 0. The zero-order valence-corrected chi connectivity index (χ0v) is 22.7. The van der Waals surface area contributed by atoms with Crippen molar-refractivity contribution in [3.8, 4) is 11.1 Å². The van der Waals surface area contributed by atoms with E-state index in [-0.39, 0.29) is 17.8 Å². The molecule has 0 spiro atoms. The van der Waals surface area contributed by atoms with Crippen molar-refractivity contribution >= 4 is 11.8 Å². The van der Waals surface area contributed by atoms with Gasteiger partial charge in [-0.1, -0.05) is 110 Å². The second-order valence-corrected chi connectivity index (χ2v) is 10.4. The molecule has 2 aromatic carbocycles. The summed E-state index contributed by atoms with van der Waals surface area (Å²) < 4.78 is 5.18. The van der Waals surface area contributed by atoms with Crippen LogP contribution in [-0.2, 0) is 9.53 Å². The minimum Gasteiger partial charge on any atom is -0.454 e. The van der Waals surface area contributed by atoms with Crippen molar-refractivity contribution < 1.29 is 14.3 Å². The Balaban J connectivity index is 1.50. The van der Waals surface area contributed by atoms with Crippen molar-refractivity contribution in [1.29, 1.82) is 0 Å². The van der Waals surface area contributed by atoms with E-state index in [2.05, 4.69) is 39.8 Å². The molecule has 0 saturated carbocycles. The number of allylic oxidation sites excluding steroid dienone is 9. The van der Waals surface area contributed by atoms with Crippen LogP contribution >= 0.6 is 0 Å². The number of rotatable bonds is 9. The van der Waals surface area contributed by atoms with Gasteiger partial charge in [0.05, 0.1) is 0 Å². The summed E-state index contributed by atoms with van der Waals surface area (Å²) in [6.45, 7) is 10.5. The van der Waals surface area contributed by atoms with E-state index in [9.17, 15) is 9.59 Å². The van der Waals surface area contributed by atoms with Gasteiger partial charge in [0.25, 0.3) is 0 Å². The highest BCUT2D eigenvalue weighted by Gasteiger charge is 2.26. The summed E-state index contributed by atoms with van der Waals surface area (Å²) in [5, 5.41) is 0. The molecule has 0 unspecified atom stereocenters. The molecule has 0 bridgehead atoms. The van der Waals surface area contributed by atoms with Crippen molar-refractivity contribution in [3.05, 3.63) is 119 Å². The van der Waals surface area contributed by atoms with Gasteiger partial charge in [-0.25, -0.2) is 4.79 Å².